The summed E-state index contributed by atoms with van der Waals surface area (Å²) in [7, 11) is 1.69. The second-order valence-corrected chi connectivity index (χ2v) is 4.78. The van der Waals surface area contributed by atoms with Gasteiger partial charge < -0.3 is 10.1 Å². The van der Waals surface area contributed by atoms with E-state index in [0.29, 0.717) is 12.5 Å². The van der Waals surface area contributed by atoms with E-state index in [2.05, 4.69) is 31.2 Å². The van der Waals surface area contributed by atoms with Gasteiger partial charge in [0.2, 0.25) is 0 Å². The molecule has 1 heterocycles. The lowest BCUT2D eigenvalue weighted by atomic mass is 10.0. The summed E-state index contributed by atoms with van der Waals surface area (Å²) < 4.78 is 7.02. The van der Waals surface area contributed by atoms with Crippen molar-refractivity contribution in [2.45, 2.75) is 33.4 Å². The fourth-order valence-corrected chi connectivity index (χ4v) is 2.16. The van der Waals surface area contributed by atoms with Crippen LogP contribution in [-0.2, 0) is 11.3 Å². The third-order valence-electron chi connectivity index (χ3n) is 2.73. The maximum Gasteiger partial charge on any atom is 0.0834 e. The van der Waals surface area contributed by atoms with Crippen LogP contribution in [0.3, 0.4) is 0 Å². The topological polar surface area (TPSA) is 39.1 Å². The molecule has 1 aromatic heterocycles. The number of rotatable bonds is 7. The molecule has 0 spiro atoms. The zero-order valence-corrected chi connectivity index (χ0v) is 11.8. The first-order valence-electron chi connectivity index (χ1n) is 6.05. The Kier molecular flexibility index (Phi) is 5.95. The zero-order chi connectivity index (χ0) is 12.8. The van der Waals surface area contributed by atoms with Crippen LogP contribution in [0, 0.1) is 5.92 Å². The van der Waals surface area contributed by atoms with Crippen LogP contribution in [0.4, 0.5) is 0 Å². The minimum Gasteiger partial charge on any atom is -0.383 e. The van der Waals surface area contributed by atoms with Gasteiger partial charge in [0.05, 0.1) is 36.1 Å². The molecule has 0 fully saturated rings. The second kappa shape index (κ2) is 6.99. The van der Waals surface area contributed by atoms with Gasteiger partial charge in [-0.2, -0.15) is 5.10 Å². The summed E-state index contributed by atoms with van der Waals surface area (Å²) in [6.45, 7) is 8.73. The summed E-state index contributed by atoms with van der Waals surface area (Å²) in [4.78, 5) is 0. The van der Waals surface area contributed by atoms with Gasteiger partial charge in [0.25, 0.3) is 0 Å². The predicted octanol–water partition coefficient (Wildman–Crippen LogP) is 2.49. The molecule has 4 nitrogen and oxygen atoms in total. The molecule has 0 aliphatic heterocycles. The molecule has 0 amide bonds. The Morgan fingerprint density at radius 3 is 2.76 bits per heavy atom. The predicted molar refractivity (Wildman–Crippen MR) is 70.4 cm³/mol. The van der Waals surface area contributed by atoms with Gasteiger partial charge in [-0.25, -0.2) is 0 Å². The van der Waals surface area contributed by atoms with Crippen molar-refractivity contribution in [3.8, 4) is 0 Å². The molecule has 0 aromatic carbocycles. The highest BCUT2D eigenvalue weighted by molar-refractivity contribution is 6.31. The molecule has 1 aromatic rings. The summed E-state index contributed by atoms with van der Waals surface area (Å²) in [5, 5.41) is 8.48. The van der Waals surface area contributed by atoms with Crippen LogP contribution in [-0.4, -0.2) is 30.0 Å². The second-order valence-electron chi connectivity index (χ2n) is 4.37. The van der Waals surface area contributed by atoms with Gasteiger partial charge in [0.15, 0.2) is 0 Å². The smallest absolute Gasteiger partial charge is 0.0834 e. The Morgan fingerprint density at radius 2 is 2.24 bits per heavy atom. The van der Waals surface area contributed by atoms with E-state index in [1.54, 1.807) is 13.3 Å². The minimum absolute atomic E-state index is 0.229. The Bertz CT molecular complexity index is 338. The van der Waals surface area contributed by atoms with E-state index in [4.69, 9.17) is 16.3 Å². The minimum atomic E-state index is 0.229. The van der Waals surface area contributed by atoms with Crippen molar-refractivity contribution in [1.82, 2.24) is 15.1 Å². The first-order valence-corrected chi connectivity index (χ1v) is 6.43. The van der Waals surface area contributed by atoms with Gasteiger partial charge in [-0.1, -0.05) is 32.4 Å². The van der Waals surface area contributed by atoms with Crippen molar-refractivity contribution in [3.63, 3.8) is 0 Å². The van der Waals surface area contributed by atoms with E-state index in [9.17, 15) is 0 Å². The van der Waals surface area contributed by atoms with Crippen LogP contribution in [0.5, 0.6) is 0 Å². The van der Waals surface area contributed by atoms with Crippen molar-refractivity contribution in [2.75, 3.05) is 20.3 Å². The van der Waals surface area contributed by atoms with Crippen molar-refractivity contribution >= 4 is 11.6 Å². The molecule has 1 unspecified atom stereocenters. The lowest BCUT2D eigenvalue weighted by molar-refractivity contribution is 0.181. The van der Waals surface area contributed by atoms with E-state index < -0.39 is 0 Å². The molecule has 5 heteroatoms. The van der Waals surface area contributed by atoms with Crippen LogP contribution < -0.4 is 5.32 Å². The SMILES string of the molecule is CCNC(c1c(Cl)cnn1CCOC)C(C)C. The fourth-order valence-electron chi connectivity index (χ4n) is 1.91. The summed E-state index contributed by atoms with van der Waals surface area (Å²) in [6, 6.07) is 0.229. The molecule has 0 bridgehead atoms. The number of hydrogen-bond donors (Lipinski definition) is 1. The summed E-state index contributed by atoms with van der Waals surface area (Å²) in [6.07, 6.45) is 1.71. The number of ether oxygens (including phenoxy) is 1. The molecular weight excluding hydrogens is 238 g/mol. The lowest BCUT2D eigenvalue weighted by Gasteiger charge is -2.23. The van der Waals surface area contributed by atoms with Gasteiger partial charge in [-0.15, -0.1) is 0 Å². The highest BCUT2D eigenvalue weighted by Gasteiger charge is 2.22. The average molecular weight is 260 g/mol. The average Bonchev–Trinajstić information content (AvgIpc) is 2.64. The maximum absolute atomic E-state index is 6.23. The number of aromatic nitrogens is 2. The summed E-state index contributed by atoms with van der Waals surface area (Å²) in [5.41, 5.74) is 1.06. The largest absolute Gasteiger partial charge is 0.383 e. The molecule has 0 aliphatic rings. The number of halogens is 1. The third kappa shape index (κ3) is 3.69. The quantitative estimate of drug-likeness (QED) is 0.818. The number of hydrogen-bond acceptors (Lipinski definition) is 3. The van der Waals surface area contributed by atoms with Gasteiger partial charge in [0, 0.05) is 7.11 Å². The van der Waals surface area contributed by atoms with Gasteiger partial charge >= 0.3 is 0 Å². The third-order valence-corrected chi connectivity index (χ3v) is 3.02. The van der Waals surface area contributed by atoms with Crippen LogP contribution in [0.15, 0.2) is 6.20 Å². The molecule has 17 heavy (non-hydrogen) atoms. The van der Waals surface area contributed by atoms with Crippen molar-refractivity contribution in [1.29, 1.82) is 0 Å². The first-order chi connectivity index (χ1) is 8.11. The maximum atomic E-state index is 6.23. The van der Waals surface area contributed by atoms with Crippen molar-refractivity contribution < 1.29 is 4.74 Å². The summed E-state index contributed by atoms with van der Waals surface area (Å²) in [5.74, 6) is 0.463. The van der Waals surface area contributed by atoms with Crippen molar-refractivity contribution in [2.24, 2.45) is 5.92 Å². The molecule has 0 radical (unpaired) electrons. The molecule has 98 valence electrons. The van der Waals surface area contributed by atoms with Gasteiger partial charge in [-0.05, 0) is 12.5 Å². The van der Waals surface area contributed by atoms with Crippen LogP contribution in [0.1, 0.15) is 32.5 Å². The molecule has 1 rings (SSSR count). The van der Waals surface area contributed by atoms with E-state index in [1.807, 2.05) is 4.68 Å². The van der Waals surface area contributed by atoms with E-state index >= 15 is 0 Å². The monoisotopic (exact) mass is 259 g/mol. The van der Waals surface area contributed by atoms with Crippen LogP contribution >= 0.6 is 11.6 Å². The molecular formula is C12H22ClN3O. The van der Waals surface area contributed by atoms with E-state index in [0.717, 1.165) is 23.8 Å². The number of nitrogens with zero attached hydrogens (tertiary/aromatic N) is 2. The Morgan fingerprint density at radius 1 is 1.53 bits per heavy atom. The number of methoxy groups -OCH3 is 1. The normalized spacial score (nSPS) is 13.3. The zero-order valence-electron chi connectivity index (χ0n) is 11.0. The Labute approximate surface area is 108 Å². The van der Waals surface area contributed by atoms with Crippen LogP contribution in [0.25, 0.3) is 0 Å². The highest BCUT2D eigenvalue weighted by atomic mass is 35.5. The summed E-state index contributed by atoms with van der Waals surface area (Å²) >= 11 is 6.23. The Balaban J connectivity index is 2.95. The molecule has 0 saturated carbocycles. The molecule has 1 N–H and O–H groups in total. The van der Waals surface area contributed by atoms with Gasteiger partial charge in [0.1, 0.15) is 0 Å². The van der Waals surface area contributed by atoms with Crippen molar-refractivity contribution in [3.05, 3.63) is 16.9 Å². The van der Waals surface area contributed by atoms with Gasteiger partial charge in [-0.3, -0.25) is 4.68 Å². The molecule has 0 saturated heterocycles. The highest BCUT2D eigenvalue weighted by Crippen LogP contribution is 2.28. The Hall–Kier alpha value is -0.580. The first kappa shape index (κ1) is 14.5. The standard InChI is InChI=1S/C12H22ClN3O/c1-5-14-11(9(2)3)12-10(13)8-15-16(12)6-7-17-4/h8-9,11,14H,5-7H2,1-4H3. The van der Waals surface area contributed by atoms with Crippen LogP contribution in [0.2, 0.25) is 5.02 Å². The molecule has 0 aliphatic carbocycles. The molecule has 1 atom stereocenters. The van der Waals surface area contributed by atoms with E-state index in [1.165, 1.54) is 0 Å². The lowest BCUT2D eigenvalue weighted by Crippen LogP contribution is -2.28. The number of nitrogens with one attached hydrogen (secondary N) is 1. The van der Waals surface area contributed by atoms with E-state index in [-0.39, 0.29) is 6.04 Å². The fraction of sp³-hybridized carbons (Fsp3) is 0.750.